The van der Waals surface area contributed by atoms with Crippen LogP contribution in [0.2, 0.25) is 19.6 Å². The van der Waals surface area contributed by atoms with Gasteiger partial charge in [-0.2, -0.15) is 0 Å². The quantitative estimate of drug-likeness (QED) is 0.290. The Labute approximate surface area is 69.3 Å². The summed E-state index contributed by atoms with van der Waals surface area (Å²) in [4.78, 5) is 0. The van der Waals surface area contributed by atoms with Crippen LogP contribution in [-0.4, -0.2) is 8.07 Å². The first-order chi connectivity index (χ1) is 5.08. The zero-order valence-corrected chi connectivity index (χ0v) is 8.23. The Morgan fingerprint density at radius 1 is 1.36 bits per heavy atom. The first kappa shape index (κ1) is 8.14. The van der Waals surface area contributed by atoms with Gasteiger partial charge in [0.05, 0.1) is 5.57 Å². The fraction of sp³-hybridized carbons (Fsp3) is 0.300. The van der Waals surface area contributed by atoms with Gasteiger partial charge < -0.3 is 0 Å². The lowest BCUT2D eigenvalue weighted by Crippen LogP contribution is -2.16. The van der Waals surface area contributed by atoms with Crippen LogP contribution in [0.15, 0.2) is 29.5 Å². The second-order valence-electron chi connectivity index (χ2n) is 3.58. The van der Waals surface area contributed by atoms with Crippen molar-refractivity contribution in [2.45, 2.75) is 19.6 Å². The lowest BCUT2D eigenvalue weighted by atomic mass is 10.3. The molecule has 0 aliphatic heterocycles. The topological polar surface area (TPSA) is 0 Å². The molecule has 0 spiro atoms. The molecule has 0 aromatic rings. The molecule has 1 rings (SSSR count). The standard InChI is InChI=1S/C10H12Si/c1-11(2,3)9-8-10-6-4-5-7-10/h4-6H,1-3H3. The molecule has 1 aliphatic rings. The highest BCUT2D eigenvalue weighted by Gasteiger charge is 2.07. The van der Waals surface area contributed by atoms with Gasteiger partial charge in [0.1, 0.15) is 8.07 Å². The second-order valence-corrected chi connectivity index (χ2v) is 8.33. The van der Waals surface area contributed by atoms with Gasteiger partial charge in [0.15, 0.2) is 0 Å². The van der Waals surface area contributed by atoms with Crippen molar-refractivity contribution in [3.63, 3.8) is 0 Å². The van der Waals surface area contributed by atoms with Gasteiger partial charge in [0.2, 0.25) is 0 Å². The highest BCUT2D eigenvalue weighted by Crippen LogP contribution is 2.02. The molecule has 1 heteroatoms. The van der Waals surface area contributed by atoms with Gasteiger partial charge in [-0.25, -0.2) is 0 Å². The Hall–Kier alpha value is -0.963. The highest BCUT2D eigenvalue weighted by molar-refractivity contribution is 6.83. The number of hydrogen-bond donors (Lipinski definition) is 0. The van der Waals surface area contributed by atoms with Crippen LogP contribution in [0.25, 0.3) is 0 Å². The summed E-state index contributed by atoms with van der Waals surface area (Å²) in [6.07, 6.45) is 5.86. The normalized spacial score (nSPS) is 14.3. The minimum absolute atomic E-state index is 1.02. The summed E-state index contributed by atoms with van der Waals surface area (Å²) in [7, 11) is -1.19. The van der Waals surface area contributed by atoms with Crippen molar-refractivity contribution >= 4 is 8.07 Å². The van der Waals surface area contributed by atoms with Crippen LogP contribution < -0.4 is 0 Å². The number of hydrogen-bond acceptors (Lipinski definition) is 0. The van der Waals surface area contributed by atoms with E-state index >= 15 is 0 Å². The van der Waals surface area contributed by atoms with Crippen molar-refractivity contribution in [3.05, 3.63) is 29.5 Å². The van der Waals surface area contributed by atoms with E-state index in [1.54, 1.807) is 0 Å². The first-order valence-corrected chi connectivity index (χ1v) is 7.24. The van der Waals surface area contributed by atoms with Gasteiger partial charge in [-0.1, -0.05) is 31.6 Å². The predicted octanol–water partition coefficient (Wildman–Crippen LogP) is 2.52. The van der Waals surface area contributed by atoms with Gasteiger partial charge in [0.25, 0.3) is 0 Å². The summed E-state index contributed by atoms with van der Waals surface area (Å²) in [6, 6.07) is 0. The van der Waals surface area contributed by atoms with Gasteiger partial charge in [-0.3, -0.25) is 0 Å². The van der Waals surface area contributed by atoms with Crippen LogP contribution in [0.1, 0.15) is 0 Å². The van der Waals surface area contributed by atoms with Crippen molar-refractivity contribution in [3.8, 4) is 11.5 Å². The fourth-order valence-corrected chi connectivity index (χ4v) is 1.17. The van der Waals surface area contributed by atoms with Gasteiger partial charge in [-0.15, -0.1) is 11.3 Å². The zero-order valence-electron chi connectivity index (χ0n) is 7.23. The molecular formula is C10H12Si. The Morgan fingerprint density at radius 3 is 2.55 bits per heavy atom. The molecule has 0 N–H and O–H groups in total. The maximum Gasteiger partial charge on any atom is 0.129 e. The lowest BCUT2D eigenvalue weighted by molar-refractivity contribution is 1.80. The smallest absolute Gasteiger partial charge is 0.126 e. The van der Waals surface area contributed by atoms with Crippen molar-refractivity contribution in [2.75, 3.05) is 0 Å². The molecule has 0 fully saturated rings. The molecule has 0 aromatic heterocycles. The average molecular weight is 160 g/mol. The maximum absolute atomic E-state index is 3.28. The van der Waals surface area contributed by atoms with Crippen molar-refractivity contribution in [2.24, 2.45) is 0 Å². The average Bonchev–Trinajstić information content (AvgIpc) is 2.32. The van der Waals surface area contributed by atoms with Crippen molar-refractivity contribution in [1.82, 2.24) is 0 Å². The molecule has 0 unspecified atom stereocenters. The summed E-state index contributed by atoms with van der Waals surface area (Å²) in [5.41, 5.74) is 7.36. The Bertz CT molecular complexity index is 296. The van der Waals surface area contributed by atoms with Crippen LogP contribution >= 0.6 is 0 Å². The van der Waals surface area contributed by atoms with Crippen LogP contribution in [-0.2, 0) is 0 Å². The molecule has 0 bridgehead atoms. The third-order valence-electron chi connectivity index (χ3n) is 1.17. The SMILES string of the molecule is C[Si](C)(C)C#CC1=C=CC=C1. The van der Waals surface area contributed by atoms with Crippen LogP contribution in [0.5, 0.6) is 0 Å². The van der Waals surface area contributed by atoms with Crippen LogP contribution in [0.3, 0.4) is 0 Å². The molecule has 0 atom stereocenters. The minimum Gasteiger partial charge on any atom is -0.126 e. The predicted molar refractivity (Wildman–Crippen MR) is 51.9 cm³/mol. The fourth-order valence-electron chi connectivity index (χ4n) is 0.663. The molecule has 1 aliphatic carbocycles. The molecule has 0 saturated carbocycles. The Morgan fingerprint density at radius 2 is 2.09 bits per heavy atom. The van der Waals surface area contributed by atoms with E-state index in [2.05, 4.69) is 36.8 Å². The van der Waals surface area contributed by atoms with E-state index in [4.69, 9.17) is 0 Å². The molecule has 0 amide bonds. The van der Waals surface area contributed by atoms with Crippen LogP contribution in [0.4, 0.5) is 0 Å². The second kappa shape index (κ2) is 2.96. The summed E-state index contributed by atoms with van der Waals surface area (Å²) in [6.45, 7) is 6.72. The van der Waals surface area contributed by atoms with Gasteiger partial charge >= 0.3 is 0 Å². The van der Waals surface area contributed by atoms with Crippen molar-refractivity contribution < 1.29 is 0 Å². The van der Waals surface area contributed by atoms with E-state index in [1.165, 1.54) is 0 Å². The van der Waals surface area contributed by atoms with E-state index < -0.39 is 8.07 Å². The zero-order chi connectivity index (χ0) is 8.32. The van der Waals surface area contributed by atoms with E-state index in [0.29, 0.717) is 0 Å². The molecule has 0 aromatic carbocycles. The molecule has 56 valence electrons. The monoisotopic (exact) mass is 160 g/mol. The summed E-state index contributed by atoms with van der Waals surface area (Å²) in [5.74, 6) is 3.12. The van der Waals surface area contributed by atoms with E-state index in [0.717, 1.165) is 5.57 Å². The Balaban J connectivity index is 2.73. The number of rotatable bonds is 0. The van der Waals surface area contributed by atoms with E-state index in [-0.39, 0.29) is 0 Å². The molecule has 0 radical (unpaired) electrons. The van der Waals surface area contributed by atoms with Crippen molar-refractivity contribution in [1.29, 1.82) is 0 Å². The molecule has 0 saturated heterocycles. The third kappa shape index (κ3) is 3.09. The molecular weight excluding hydrogens is 148 g/mol. The summed E-state index contributed by atoms with van der Waals surface area (Å²) in [5, 5.41) is 0. The van der Waals surface area contributed by atoms with Crippen LogP contribution in [0, 0.1) is 11.5 Å². The molecule has 0 nitrogen and oxygen atoms in total. The summed E-state index contributed by atoms with van der Waals surface area (Å²) >= 11 is 0. The van der Waals surface area contributed by atoms with Gasteiger partial charge in [0, 0.05) is 0 Å². The van der Waals surface area contributed by atoms with Gasteiger partial charge in [-0.05, 0) is 12.2 Å². The molecule has 0 heterocycles. The Kier molecular flexibility index (Phi) is 2.19. The van der Waals surface area contributed by atoms with E-state index in [9.17, 15) is 0 Å². The minimum atomic E-state index is -1.19. The van der Waals surface area contributed by atoms with E-state index in [1.807, 2.05) is 18.2 Å². The first-order valence-electron chi connectivity index (χ1n) is 3.74. The maximum atomic E-state index is 3.28. The summed E-state index contributed by atoms with van der Waals surface area (Å²) < 4.78 is 0. The third-order valence-corrected chi connectivity index (χ3v) is 2.05. The number of allylic oxidation sites excluding steroid dienone is 3. The lowest BCUT2D eigenvalue weighted by Gasteiger charge is -2.02. The molecule has 11 heavy (non-hydrogen) atoms. The highest BCUT2D eigenvalue weighted by atomic mass is 28.3. The largest absolute Gasteiger partial charge is 0.129 e.